The van der Waals surface area contributed by atoms with Crippen LogP contribution in [0, 0.1) is 23.1 Å². The molecule has 7 heteroatoms. The minimum absolute atomic E-state index is 0.115. The number of halogens is 1. The van der Waals surface area contributed by atoms with Crippen LogP contribution in [-0.4, -0.2) is 24.1 Å². The number of nitriles is 1. The highest BCUT2D eigenvalue weighted by Crippen LogP contribution is 2.35. The summed E-state index contributed by atoms with van der Waals surface area (Å²) in [6, 6.07) is 7.90. The average Bonchev–Trinajstić information content (AvgIpc) is 2.58. The van der Waals surface area contributed by atoms with Crippen molar-refractivity contribution >= 4 is 23.6 Å². The number of hydrogen-bond acceptors (Lipinski definition) is 4. The molecule has 0 saturated heterocycles. The highest BCUT2D eigenvalue weighted by Gasteiger charge is 2.29. The maximum atomic E-state index is 13.1. The molecule has 0 fully saturated rings. The summed E-state index contributed by atoms with van der Waals surface area (Å²) in [5.74, 6) is -0.715. The Balaban J connectivity index is 2.16. The average molecular weight is 361 g/mol. The molecule has 1 aliphatic rings. The SMILES string of the molecule is CC(C)CNC(=O)CSC1=C(C#N)[C@H](c2ccc(F)cc2)CC(=O)N1. The number of benzene rings is 1. The van der Waals surface area contributed by atoms with Crippen molar-refractivity contribution in [2.45, 2.75) is 26.2 Å². The number of amides is 2. The molecule has 0 bridgehead atoms. The zero-order valence-corrected chi connectivity index (χ0v) is 15.0. The Bertz CT molecular complexity index is 723. The van der Waals surface area contributed by atoms with E-state index >= 15 is 0 Å². The zero-order chi connectivity index (χ0) is 18.4. The molecule has 2 amide bonds. The molecule has 1 aromatic rings. The van der Waals surface area contributed by atoms with E-state index in [1.807, 2.05) is 13.8 Å². The second-order valence-electron chi connectivity index (χ2n) is 6.20. The maximum absolute atomic E-state index is 13.1. The Morgan fingerprint density at radius 3 is 2.72 bits per heavy atom. The Labute approximate surface area is 150 Å². The minimum atomic E-state index is -0.430. The van der Waals surface area contributed by atoms with Crippen LogP contribution in [0.25, 0.3) is 0 Å². The van der Waals surface area contributed by atoms with E-state index in [-0.39, 0.29) is 29.8 Å². The van der Waals surface area contributed by atoms with Crippen LogP contribution in [0.15, 0.2) is 34.9 Å². The van der Waals surface area contributed by atoms with Gasteiger partial charge in [0.25, 0.3) is 0 Å². The molecule has 0 aliphatic carbocycles. The van der Waals surface area contributed by atoms with Gasteiger partial charge in [0.15, 0.2) is 0 Å². The summed E-state index contributed by atoms with van der Waals surface area (Å²) in [6.07, 6.45) is 0.123. The van der Waals surface area contributed by atoms with Gasteiger partial charge in [0.05, 0.1) is 22.4 Å². The predicted octanol–water partition coefficient (Wildman–Crippen LogP) is 2.67. The van der Waals surface area contributed by atoms with Gasteiger partial charge >= 0.3 is 0 Å². The van der Waals surface area contributed by atoms with Crippen LogP contribution in [0.1, 0.15) is 31.7 Å². The Morgan fingerprint density at radius 1 is 1.44 bits per heavy atom. The number of nitrogens with one attached hydrogen (secondary N) is 2. The lowest BCUT2D eigenvalue weighted by Gasteiger charge is -2.25. The van der Waals surface area contributed by atoms with Gasteiger partial charge in [-0.3, -0.25) is 9.59 Å². The van der Waals surface area contributed by atoms with Crippen molar-refractivity contribution in [3.8, 4) is 6.07 Å². The number of allylic oxidation sites excluding steroid dienone is 1. The van der Waals surface area contributed by atoms with Gasteiger partial charge in [0, 0.05) is 18.9 Å². The van der Waals surface area contributed by atoms with E-state index in [4.69, 9.17) is 0 Å². The van der Waals surface area contributed by atoms with Crippen molar-refractivity contribution < 1.29 is 14.0 Å². The number of hydrogen-bond donors (Lipinski definition) is 2. The van der Waals surface area contributed by atoms with E-state index in [0.717, 1.165) is 11.8 Å². The second-order valence-corrected chi connectivity index (χ2v) is 7.18. The summed E-state index contributed by atoms with van der Waals surface area (Å²) in [7, 11) is 0. The van der Waals surface area contributed by atoms with Gasteiger partial charge in [-0.25, -0.2) is 4.39 Å². The van der Waals surface area contributed by atoms with E-state index in [9.17, 15) is 19.2 Å². The first-order valence-electron chi connectivity index (χ1n) is 7.99. The third-order valence-corrected chi connectivity index (χ3v) is 4.70. The summed E-state index contributed by atoms with van der Waals surface area (Å²) in [5.41, 5.74) is 1.10. The van der Waals surface area contributed by atoms with Crippen molar-refractivity contribution in [3.05, 3.63) is 46.2 Å². The highest BCUT2D eigenvalue weighted by molar-refractivity contribution is 8.03. The first-order chi connectivity index (χ1) is 11.9. The summed E-state index contributed by atoms with van der Waals surface area (Å²) >= 11 is 1.13. The molecule has 2 N–H and O–H groups in total. The Kier molecular flexibility index (Phi) is 6.59. The van der Waals surface area contributed by atoms with Gasteiger partial charge in [-0.1, -0.05) is 37.7 Å². The predicted molar refractivity (Wildman–Crippen MR) is 94.8 cm³/mol. The molecular weight excluding hydrogens is 341 g/mol. The van der Waals surface area contributed by atoms with Crippen LogP contribution in [0.4, 0.5) is 4.39 Å². The normalized spacial score (nSPS) is 17.2. The van der Waals surface area contributed by atoms with Crippen molar-refractivity contribution in [1.82, 2.24) is 10.6 Å². The molecule has 0 radical (unpaired) electrons. The van der Waals surface area contributed by atoms with Crippen LogP contribution < -0.4 is 10.6 Å². The van der Waals surface area contributed by atoms with Crippen LogP contribution in [0.5, 0.6) is 0 Å². The zero-order valence-electron chi connectivity index (χ0n) is 14.1. The fourth-order valence-corrected chi connectivity index (χ4v) is 3.33. The van der Waals surface area contributed by atoms with E-state index in [2.05, 4.69) is 16.7 Å². The molecule has 5 nitrogen and oxygen atoms in total. The fourth-order valence-electron chi connectivity index (χ4n) is 2.42. The molecule has 1 heterocycles. The summed E-state index contributed by atoms with van der Waals surface area (Å²) in [4.78, 5) is 23.9. The van der Waals surface area contributed by atoms with Crippen molar-refractivity contribution in [2.24, 2.45) is 5.92 Å². The van der Waals surface area contributed by atoms with Crippen LogP contribution in [0.3, 0.4) is 0 Å². The Hall–Kier alpha value is -2.33. The van der Waals surface area contributed by atoms with Gasteiger partial charge in [-0.05, 0) is 23.6 Å². The molecular formula is C18H20FN3O2S. The molecule has 0 unspecified atom stereocenters. The third-order valence-electron chi connectivity index (χ3n) is 3.68. The molecule has 1 aromatic carbocycles. The standard InChI is InChI=1S/C18H20FN3O2S/c1-11(2)9-21-17(24)10-25-18-15(8-20)14(7-16(23)22-18)12-3-5-13(19)6-4-12/h3-6,11,14H,7,9-10H2,1-2H3,(H,21,24)(H,22,23)/t14-/m0/s1. The first kappa shape index (κ1) is 19.0. The molecule has 0 spiro atoms. The van der Waals surface area contributed by atoms with Crippen molar-refractivity contribution in [3.63, 3.8) is 0 Å². The summed E-state index contributed by atoms with van der Waals surface area (Å²) < 4.78 is 13.1. The lowest BCUT2D eigenvalue weighted by Crippen LogP contribution is -2.33. The van der Waals surface area contributed by atoms with Gasteiger partial charge in [-0.2, -0.15) is 5.26 Å². The molecule has 1 aliphatic heterocycles. The highest BCUT2D eigenvalue weighted by atomic mass is 32.2. The molecule has 2 rings (SSSR count). The summed E-state index contributed by atoms with van der Waals surface area (Å²) in [6.45, 7) is 4.57. The summed E-state index contributed by atoms with van der Waals surface area (Å²) in [5, 5.41) is 15.4. The van der Waals surface area contributed by atoms with Gasteiger partial charge < -0.3 is 10.6 Å². The fraction of sp³-hybridized carbons (Fsp3) is 0.389. The smallest absolute Gasteiger partial charge is 0.230 e. The van der Waals surface area contributed by atoms with Crippen LogP contribution in [0.2, 0.25) is 0 Å². The van der Waals surface area contributed by atoms with E-state index < -0.39 is 5.92 Å². The lowest BCUT2D eigenvalue weighted by atomic mass is 9.87. The van der Waals surface area contributed by atoms with Gasteiger partial charge in [0.2, 0.25) is 11.8 Å². The number of carbonyl (C=O) groups excluding carboxylic acids is 2. The monoisotopic (exact) mass is 361 g/mol. The van der Waals surface area contributed by atoms with Gasteiger partial charge in [0.1, 0.15) is 5.82 Å². The van der Waals surface area contributed by atoms with Gasteiger partial charge in [-0.15, -0.1) is 0 Å². The minimum Gasteiger partial charge on any atom is -0.355 e. The lowest BCUT2D eigenvalue weighted by molar-refractivity contribution is -0.121. The molecule has 0 aromatic heterocycles. The van der Waals surface area contributed by atoms with E-state index in [1.165, 1.54) is 12.1 Å². The largest absolute Gasteiger partial charge is 0.355 e. The Morgan fingerprint density at radius 2 is 2.12 bits per heavy atom. The topological polar surface area (TPSA) is 82.0 Å². The molecule has 25 heavy (non-hydrogen) atoms. The number of rotatable bonds is 6. The molecule has 0 saturated carbocycles. The number of thioether (sulfide) groups is 1. The van der Waals surface area contributed by atoms with Crippen molar-refractivity contribution in [2.75, 3.05) is 12.3 Å². The third kappa shape index (κ3) is 5.33. The molecule has 132 valence electrons. The maximum Gasteiger partial charge on any atom is 0.230 e. The second kappa shape index (κ2) is 8.67. The van der Waals surface area contributed by atoms with Crippen molar-refractivity contribution in [1.29, 1.82) is 5.26 Å². The molecule has 1 atom stereocenters. The quantitative estimate of drug-likeness (QED) is 0.816. The van der Waals surface area contributed by atoms with Crippen LogP contribution in [-0.2, 0) is 9.59 Å². The van der Waals surface area contributed by atoms with Crippen LogP contribution >= 0.6 is 11.8 Å². The first-order valence-corrected chi connectivity index (χ1v) is 8.98. The number of nitrogens with zero attached hydrogens (tertiary/aromatic N) is 1. The van der Waals surface area contributed by atoms with E-state index in [1.54, 1.807) is 12.1 Å². The van der Waals surface area contributed by atoms with E-state index in [0.29, 0.717) is 28.6 Å². The number of carbonyl (C=O) groups is 2.